The molecule has 0 radical (unpaired) electrons. The first-order valence-electron chi connectivity index (χ1n) is 20.5. The maximum Gasteiger partial charge on any atom is 0.407 e. The number of hydrogen-bond donors (Lipinski definition) is 10. The molecule has 0 saturated heterocycles. The molecule has 13 N–H and O–H groups in total. The number of nitrogens with one attached hydrogen (secondary N) is 7. The van der Waals surface area contributed by atoms with Gasteiger partial charge in [0.1, 0.15) is 36.8 Å². The normalized spacial score (nSPS) is 13.8. The van der Waals surface area contributed by atoms with Crippen LogP contribution in [0, 0.1) is 17.8 Å². The van der Waals surface area contributed by atoms with Crippen molar-refractivity contribution in [2.24, 2.45) is 39.9 Å². The zero-order valence-corrected chi connectivity index (χ0v) is 36.2. The number of furan rings is 1. The van der Waals surface area contributed by atoms with E-state index in [9.17, 15) is 38.4 Å². The highest BCUT2D eigenvalue weighted by Crippen LogP contribution is 2.13. The van der Waals surface area contributed by atoms with Crippen LogP contribution in [0.4, 0.5) is 4.79 Å². The number of nitrogens with two attached hydrogens (primary N) is 3. The number of nitrogens with zero attached hydrogens (tertiary/aromatic N) is 1. The number of primary amides is 1. The number of guanidine groups is 1. The lowest BCUT2D eigenvalue weighted by Gasteiger charge is -2.27. The van der Waals surface area contributed by atoms with Crippen LogP contribution in [0.3, 0.4) is 0 Å². The minimum absolute atomic E-state index is 0.000540. The van der Waals surface area contributed by atoms with Crippen molar-refractivity contribution >= 4 is 53.4 Å². The van der Waals surface area contributed by atoms with Crippen molar-refractivity contribution in [2.75, 3.05) is 26.2 Å². The molecule has 0 spiro atoms. The number of amides is 8. The number of hydrogen-bond acceptors (Lipinski definition) is 11. The summed E-state index contributed by atoms with van der Waals surface area (Å²) in [5, 5.41) is 18.3. The van der Waals surface area contributed by atoms with Crippen LogP contribution in [0.2, 0.25) is 0 Å². The van der Waals surface area contributed by atoms with Gasteiger partial charge in [-0.05, 0) is 68.4 Å². The van der Waals surface area contributed by atoms with Crippen LogP contribution >= 0.6 is 0 Å². The van der Waals surface area contributed by atoms with E-state index in [-0.39, 0.29) is 87.7 Å². The predicted molar refractivity (Wildman–Crippen MR) is 227 cm³/mol. The van der Waals surface area contributed by atoms with Crippen molar-refractivity contribution in [2.45, 2.75) is 117 Å². The van der Waals surface area contributed by atoms with Gasteiger partial charge in [-0.2, -0.15) is 0 Å². The monoisotopic (exact) mass is 862 g/mol. The molecule has 1 rings (SSSR count). The third-order valence-corrected chi connectivity index (χ3v) is 9.16. The van der Waals surface area contributed by atoms with Crippen LogP contribution in [0.1, 0.15) is 97.0 Å². The summed E-state index contributed by atoms with van der Waals surface area (Å²) in [6, 6.07) is -2.59. The highest BCUT2D eigenvalue weighted by Gasteiger charge is 2.32. The smallest absolute Gasteiger partial charge is 0.407 e. The van der Waals surface area contributed by atoms with E-state index in [0.29, 0.717) is 6.42 Å². The molecule has 0 aliphatic rings. The molecule has 1 aromatic heterocycles. The molecule has 6 atom stereocenters. The number of carbonyl (C=O) groups excluding carboxylic acids is 8. The number of ether oxygens (including phenoxy) is 1. The van der Waals surface area contributed by atoms with Crippen LogP contribution in [0.15, 0.2) is 40.5 Å². The molecule has 0 unspecified atom stereocenters. The van der Waals surface area contributed by atoms with Gasteiger partial charge in [0.25, 0.3) is 5.91 Å². The topological polar surface area (TPSA) is 334 Å². The van der Waals surface area contributed by atoms with Crippen molar-refractivity contribution < 1.29 is 47.5 Å². The Balaban J connectivity index is 3.10. The van der Waals surface area contributed by atoms with Gasteiger partial charge in [0.05, 0.1) is 12.8 Å². The van der Waals surface area contributed by atoms with Gasteiger partial charge < -0.3 is 63.6 Å². The average Bonchev–Trinajstić information content (AvgIpc) is 3.74. The van der Waals surface area contributed by atoms with E-state index in [1.165, 1.54) is 24.5 Å². The van der Waals surface area contributed by atoms with E-state index < -0.39 is 84.2 Å². The third-order valence-electron chi connectivity index (χ3n) is 9.16. The van der Waals surface area contributed by atoms with Crippen LogP contribution in [0.25, 0.3) is 0 Å². The Kier molecular flexibility index (Phi) is 24.6. The lowest BCUT2D eigenvalue weighted by molar-refractivity contribution is -0.134. The van der Waals surface area contributed by atoms with Gasteiger partial charge in [0.15, 0.2) is 11.7 Å². The van der Waals surface area contributed by atoms with Gasteiger partial charge in [-0.3, -0.25) is 38.6 Å². The highest BCUT2D eigenvalue weighted by molar-refractivity contribution is 5.98. The summed E-state index contributed by atoms with van der Waals surface area (Å²) in [4.78, 5) is 108. The summed E-state index contributed by atoms with van der Waals surface area (Å²) in [5.74, 6) is -5.54. The Morgan fingerprint density at radius 3 is 1.92 bits per heavy atom. The van der Waals surface area contributed by atoms with E-state index in [1.54, 1.807) is 6.92 Å². The molecule has 0 bridgehead atoms. The molecular weight excluding hydrogens is 795 g/mol. The second-order valence-electron chi connectivity index (χ2n) is 15.4. The lowest BCUT2D eigenvalue weighted by atomic mass is 9.96. The number of carbonyl (C=O) groups is 8. The Morgan fingerprint density at radius 2 is 1.36 bits per heavy atom. The molecule has 0 aliphatic carbocycles. The van der Waals surface area contributed by atoms with E-state index in [1.807, 2.05) is 34.6 Å². The Bertz CT molecular complexity index is 1630. The van der Waals surface area contributed by atoms with Gasteiger partial charge in [-0.1, -0.05) is 60.6 Å². The fourth-order valence-electron chi connectivity index (χ4n) is 5.81. The molecule has 0 aliphatic heterocycles. The summed E-state index contributed by atoms with van der Waals surface area (Å²) in [7, 11) is 0. The number of alkyl carbamates (subject to hydrolysis) is 1. The van der Waals surface area contributed by atoms with Gasteiger partial charge in [-0.15, -0.1) is 0 Å². The number of rotatable bonds is 29. The summed E-state index contributed by atoms with van der Waals surface area (Å²) < 4.78 is 9.98. The van der Waals surface area contributed by atoms with E-state index in [0.717, 1.165) is 0 Å². The van der Waals surface area contributed by atoms with Crippen molar-refractivity contribution in [3.63, 3.8) is 0 Å². The van der Waals surface area contributed by atoms with Gasteiger partial charge in [-0.25, -0.2) is 4.79 Å². The first-order chi connectivity index (χ1) is 28.8. The standard InChI is InChI=1S/C40H67N11O10/c1-8-18-61-40(59)45-17-10-13-26(33(41)53)48-35(55)28(20-23(3)4)49-34(54)27(14-11-16-44-39(42)43)47-31(52)22-46-38(58)32(25(7)9-2)51-36(56)29(21-24(5)6)50-37(57)30-15-12-19-60-30/h8,12,15,19,23-29,32H,1,9-11,13-14,16-18,20-22H2,2-7H3,(H2,41,53)(H,45,59)(H,46,58)(H,47,52)(H,48,55)(H,49,54)(H,50,57)(H,51,56)(H4,42,43,44)/t25-,26-,27-,28-,29-,32-/m0/s1. The Labute approximate surface area is 357 Å². The highest BCUT2D eigenvalue weighted by atomic mass is 16.5. The summed E-state index contributed by atoms with van der Waals surface area (Å²) in [6.45, 7) is 14.1. The average molecular weight is 862 g/mol. The molecule has 8 amide bonds. The molecule has 342 valence electrons. The summed E-state index contributed by atoms with van der Waals surface area (Å²) in [6.07, 6.45) is 3.54. The quantitative estimate of drug-likeness (QED) is 0.0217. The molecule has 21 heteroatoms. The van der Waals surface area contributed by atoms with E-state index >= 15 is 0 Å². The van der Waals surface area contributed by atoms with Crippen LogP contribution in [-0.4, -0.2) is 110 Å². The fourth-order valence-corrected chi connectivity index (χ4v) is 5.81. The van der Waals surface area contributed by atoms with Crippen molar-refractivity contribution in [3.05, 3.63) is 36.8 Å². The van der Waals surface area contributed by atoms with Crippen molar-refractivity contribution in [1.82, 2.24) is 37.2 Å². The molecule has 21 nitrogen and oxygen atoms in total. The van der Waals surface area contributed by atoms with Crippen LogP contribution < -0.4 is 54.4 Å². The van der Waals surface area contributed by atoms with Crippen molar-refractivity contribution in [1.29, 1.82) is 0 Å². The molecule has 0 saturated carbocycles. The molecule has 0 fully saturated rings. The minimum Gasteiger partial charge on any atom is -0.459 e. The molecule has 1 heterocycles. The van der Waals surface area contributed by atoms with Gasteiger partial charge in [0.2, 0.25) is 35.4 Å². The molecule has 1 aromatic rings. The molecule has 61 heavy (non-hydrogen) atoms. The lowest BCUT2D eigenvalue weighted by Crippen LogP contribution is -2.58. The van der Waals surface area contributed by atoms with Crippen LogP contribution in [0.5, 0.6) is 0 Å². The second kappa shape index (κ2) is 28.3. The fraction of sp³-hybridized carbons (Fsp3) is 0.625. The van der Waals surface area contributed by atoms with Crippen LogP contribution in [-0.2, 0) is 33.5 Å². The maximum absolute atomic E-state index is 13.7. The van der Waals surface area contributed by atoms with E-state index in [4.69, 9.17) is 26.4 Å². The third kappa shape index (κ3) is 21.6. The zero-order chi connectivity index (χ0) is 46.1. The van der Waals surface area contributed by atoms with E-state index in [2.05, 4.69) is 48.8 Å². The summed E-state index contributed by atoms with van der Waals surface area (Å²) in [5.41, 5.74) is 16.4. The largest absolute Gasteiger partial charge is 0.459 e. The SMILES string of the molecule is C=CCOC(=O)NCCC[C@H](NC(=O)[C@H](CC(C)C)NC(=O)[C@H](CCCN=C(N)N)NC(=O)CNC(=O)[C@@H](NC(=O)[C@H](CC(C)C)NC(=O)c1ccco1)[C@@H](C)CC)C(N)=O. The predicted octanol–water partition coefficient (Wildman–Crippen LogP) is -0.197. The summed E-state index contributed by atoms with van der Waals surface area (Å²) >= 11 is 0. The number of aliphatic imine (C=N–C) groups is 1. The molecular formula is C40H67N11O10. The first kappa shape index (κ1) is 52.9. The minimum atomic E-state index is -1.22. The zero-order valence-electron chi connectivity index (χ0n) is 36.2. The molecule has 0 aromatic carbocycles. The van der Waals surface area contributed by atoms with Crippen molar-refractivity contribution in [3.8, 4) is 0 Å². The van der Waals surface area contributed by atoms with Gasteiger partial charge in [0, 0.05) is 13.1 Å². The van der Waals surface area contributed by atoms with Gasteiger partial charge >= 0.3 is 6.09 Å². The Morgan fingerprint density at radius 1 is 0.770 bits per heavy atom. The maximum atomic E-state index is 13.7. The Hall–Kier alpha value is -6.15. The first-order valence-corrected chi connectivity index (χ1v) is 20.5. The second-order valence-corrected chi connectivity index (χ2v) is 15.4.